The standard InChI is InChI=1S/C8H10N2O.C6H8O2.C2H6N2O.ClH/c11-8-5-9-6-3-1-2-4-7(6)10-8;7-5-3-1-2-4-6(5)8;3-1-2(4)5;/h5H,1-4H2,(H,10,11);1-4H2;1,3H2,(H2,4,5);1H. The molecule has 1 aromatic heterocycles. The number of Topliss-reactive ketones (excluding diaryl/α,β-unsaturated/α-hetero) is 2. The quantitative estimate of drug-likeness (QED) is 0.599. The van der Waals surface area contributed by atoms with Crippen molar-refractivity contribution in [2.45, 2.75) is 51.4 Å². The molecule has 1 amide bonds. The number of rotatable bonds is 1. The second-order valence-corrected chi connectivity index (χ2v) is 5.60. The minimum Gasteiger partial charge on any atom is -0.369 e. The summed E-state index contributed by atoms with van der Waals surface area (Å²) in [4.78, 5) is 48.1. The molecule has 0 atom stereocenters. The van der Waals surface area contributed by atoms with Crippen molar-refractivity contribution in [1.82, 2.24) is 9.97 Å². The Labute approximate surface area is 152 Å². The molecule has 9 heteroatoms. The van der Waals surface area contributed by atoms with Crippen molar-refractivity contribution in [2.24, 2.45) is 11.5 Å². The SMILES string of the molecule is Cl.NCC(N)=O.O=C1CCCCC1=O.O=c1cnc2c([nH]1)CCCC2. The topological polar surface area (TPSA) is 149 Å². The van der Waals surface area contributed by atoms with Crippen LogP contribution < -0.4 is 17.0 Å². The van der Waals surface area contributed by atoms with Crippen molar-refractivity contribution in [3.05, 3.63) is 27.9 Å². The fourth-order valence-corrected chi connectivity index (χ4v) is 2.33. The number of nitrogens with one attached hydrogen (secondary N) is 1. The summed E-state index contributed by atoms with van der Waals surface area (Å²) in [5, 5.41) is 0. The predicted molar refractivity (Wildman–Crippen MR) is 95.5 cm³/mol. The summed E-state index contributed by atoms with van der Waals surface area (Å²) in [5.74, 6) is -0.808. The summed E-state index contributed by atoms with van der Waals surface area (Å²) in [6.45, 7) is -0.0556. The molecule has 1 heterocycles. The normalized spacial score (nSPS) is 15.4. The van der Waals surface area contributed by atoms with Crippen LogP contribution in [0.4, 0.5) is 0 Å². The van der Waals surface area contributed by atoms with Gasteiger partial charge in [-0.2, -0.15) is 0 Å². The van der Waals surface area contributed by atoms with E-state index in [0.29, 0.717) is 12.8 Å². The molecule has 140 valence electrons. The molecule has 0 unspecified atom stereocenters. The van der Waals surface area contributed by atoms with E-state index >= 15 is 0 Å². The molecule has 3 rings (SSSR count). The van der Waals surface area contributed by atoms with Crippen molar-refractivity contribution in [2.75, 3.05) is 6.54 Å². The number of amides is 1. The maximum absolute atomic E-state index is 10.8. The second-order valence-electron chi connectivity index (χ2n) is 5.60. The van der Waals surface area contributed by atoms with E-state index in [-0.39, 0.29) is 36.1 Å². The Morgan fingerprint density at radius 2 is 1.48 bits per heavy atom. The number of H-pyrrole nitrogens is 1. The minimum absolute atomic E-state index is 0. The third-order valence-electron chi connectivity index (χ3n) is 3.62. The Balaban J connectivity index is 0.000000367. The van der Waals surface area contributed by atoms with Crippen molar-refractivity contribution in [3.8, 4) is 0 Å². The Morgan fingerprint density at radius 3 is 1.96 bits per heavy atom. The highest BCUT2D eigenvalue weighted by atomic mass is 35.5. The summed E-state index contributed by atoms with van der Waals surface area (Å²) < 4.78 is 0. The molecule has 25 heavy (non-hydrogen) atoms. The number of nitrogens with two attached hydrogens (primary N) is 2. The largest absolute Gasteiger partial charge is 0.369 e. The lowest BCUT2D eigenvalue weighted by molar-refractivity contribution is -0.137. The van der Waals surface area contributed by atoms with Gasteiger partial charge in [-0.1, -0.05) is 0 Å². The van der Waals surface area contributed by atoms with E-state index in [4.69, 9.17) is 5.73 Å². The molecule has 0 bridgehead atoms. The van der Waals surface area contributed by atoms with E-state index in [1.165, 1.54) is 19.0 Å². The van der Waals surface area contributed by atoms with Gasteiger partial charge < -0.3 is 16.5 Å². The number of fused-ring (bicyclic) bond motifs is 1. The number of nitrogens with zero attached hydrogens (tertiary/aromatic N) is 1. The molecule has 5 N–H and O–H groups in total. The summed E-state index contributed by atoms with van der Waals surface area (Å²) >= 11 is 0. The van der Waals surface area contributed by atoms with Crippen LogP contribution in [-0.2, 0) is 27.2 Å². The monoisotopic (exact) mass is 372 g/mol. The average molecular weight is 373 g/mol. The van der Waals surface area contributed by atoms with E-state index in [9.17, 15) is 19.2 Å². The van der Waals surface area contributed by atoms with Crippen molar-refractivity contribution in [1.29, 1.82) is 0 Å². The number of aromatic nitrogens is 2. The molecule has 0 spiro atoms. The lowest BCUT2D eigenvalue weighted by Crippen LogP contribution is -2.21. The smallest absolute Gasteiger partial charge is 0.266 e. The van der Waals surface area contributed by atoms with Crippen molar-refractivity contribution in [3.63, 3.8) is 0 Å². The van der Waals surface area contributed by atoms with E-state index < -0.39 is 5.91 Å². The molecule has 1 aromatic rings. The van der Waals surface area contributed by atoms with Crippen LogP contribution in [0.5, 0.6) is 0 Å². The molecule has 2 aliphatic carbocycles. The highest BCUT2D eigenvalue weighted by Crippen LogP contribution is 2.14. The first-order valence-electron chi connectivity index (χ1n) is 8.05. The van der Waals surface area contributed by atoms with Gasteiger partial charge in [0.1, 0.15) is 0 Å². The Bertz CT molecular complexity index is 629. The average Bonchev–Trinajstić information content (AvgIpc) is 2.58. The predicted octanol–water partition coefficient (Wildman–Crippen LogP) is 0.199. The number of ketones is 2. The van der Waals surface area contributed by atoms with E-state index in [2.05, 4.69) is 15.7 Å². The number of halogens is 1. The molecule has 0 radical (unpaired) electrons. The molecular formula is C16H25ClN4O4. The molecule has 1 fully saturated rings. The van der Waals surface area contributed by atoms with Gasteiger partial charge in [-0.05, 0) is 38.5 Å². The molecular weight excluding hydrogens is 348 g/mol. The van der Waals surface area contributed by atoms with Gasteiger partial charge >= 0.3 is 0 Å². The van der Waals surface area contributed by atoms with Gasteiger partial charge in [-0.3, -0.25) is 24.2 Å². The summed E-state index contributed by atoms with van der Waals surface area (Å²) in [5.41, 5.74) is 11.3. The lowest BCUT2D eigenvalue weighted by Gasteiger charge is -2.12. The van der Waals surface area contributed by atoms with Crippen molar-refractivity contribution >= 4 is 29.9 Å². The number of primary amides is 1. The highest BCUT2D eigenvalue weighted by Gasteiger charge is 2.17. The van der Waals surface area contributed by atoms with Gasteiger partial charge in [-0.15, -0.1) is 12.4 Å². The number of aryl methyl sites for hydroxylation is 2. The maximum Gasteiger partial charge on any atom is 0.266 e. The number of hydrogen-bond acceptors (Lipinski definition) is 6. The number of carbonyl (C=O) groups excluding carboxylic acids is 3. The van der Waals surface area contributed by atoms with Gasteiger partial charge in [0.05, 0.1) is 18.4 Å². The van der Waals surface area contributed by atoms with Crippen LogP contribution in [0.3, 0.4) is 0 Å². The van der Waals surface area contributed by atoms with Crippen LogP contribution in [0.15, 0.2) is 11.0 Å². The van der Waals surface area contributed by atoms with Crippen LogP contribution in [0.1, 0.15) is 49.9 Å². The van der Waals surface area contributed by atoms with E-state index in [1.54, 1.807) is 0 Å². The first-order valence-corrected chi connectivity index (χ1v) is 8.05. The third-order valence-corrected chi connectivity index (χ3v) is 3.62. The highest BCUT2D eigenvalue weighted by molar-refractivity contribution is 6.37. The zero-order valence-corrected chi connectivity index (χ0v) is 14.9. The third kappa shape index (κ3) is 9.11. The van der Waals surface area contributed by atoms with E-state index in [0.717, 1.165) is 37.1 Å². The molecule has 0 saturated heterocycles. The second kappa shape index (κ2) is 12.3. The zero-order chi connectivity index (χ0) is 17.9. The summed E-state index contributed by atoms with van der Waals surface area (Å²) in [6, 6.07) is 0. The zero-order valence-electron chi connectivity index (χ0n) is 14.1. The van der Waals surface area contributed by atoms with Crippen LogP contribution in [-0.4, -0.2) is 34.0 Å². The Hall–Kier alpha value is -2.06. The van der Waals surface area contributed by atoms with Gasteiger partial charge in [0.25, 0.3) is 5.56 Å². The summed E-state index contributed by atoms with van der Waals surface area (Å²) in [7, 11) is 0. The molecule has 2 aliphatic rings. The fraction of sp³-hybridized carbons (Fsp3) is 0.562. The van der Waals surface area contributed by atoms with Crippen LogP contribution in [0.25, 0.3) is 0 Å². The molecule has 0 aromatic carbocycles. The first kappa shape index (κ1) is 22.9. The lowest BCUT2D eigenvalue weighted by atomic mass is 9.98. The Kier molecular flexibility index (Phi) is 11.3. The van der Waals surface area contributed by atoms with Gasteiger partial charge in [0.15, 0.2) is 11.6 Å². The van der Waals surface area contributed by atoms with Crippen molar-refractivity contribution < 1.29 is 14.4 Å². The Morgan fingerprint density at radius 1 is 1.00 bits per heavy atom. The van der Waals surface area contributed by atoms with Gasteiger partial charge in [0.2, 0.25) is 5.91 Å². The number of hydrogen-bond donors (Lipinski definition) is 3. The number of aromatic amines is 1. The maximum atomic E-state index is 10.8. The van der Waals surface area contributed by atoms with E-state index in [1.807, 2.05) is 0 Å². The van der Waals surface area contributed by atoms with Gasteiger partial charge in [0, 0.05) is 18.5 Å². The first-order chi connectivity index (χ1) is 11.4. The molecule has 0 aliphatic heterocycles. The van der Waals surface area contributed by atoms with Crippen LogP contribution in [0.2, 0.25) is 0 Å². The molecule has 8 nitrogen and oxygen atoms in total. The van der Waals surface area contributed by atoms with Gasteiger partial charge in [-0.25, -0.2) is 0 Å². The fourth-order valence-electron chi connectivity index (χ4n) is 2.33. The van der Waals surface area contributed by atoms with Crippen LogP contribution >= 0.6 is 12.4 Å². The number of carbonyl (C=O) groups is 3. The summed E-state index contributed by atoms with van der Waals surface area (Å²) in [6.07, 6.45) is 8.53. The molecule has 1 saturated carbocycles. The van der Waals surface area contributed by atoms with Crippen LogP contribution in [0, 0.1) is 0 Å². The minimum atomic E-state index is -0.468.